The van der Waals surface area contributed by atoms with E-state index in [0.717, 1.165) is 31.8 Å². The van der Waals surface area contributed by atoms with Gasteiger partial charge in [-0.15, -0.1) is 0 Å². The lowest BCUT2D eigenvalue weighted by Crippen LogP contribution is -2.34. The molecule has 0 atom stereocenters. The van der Waals surface area contributed by atoms with Gasteiger partial charge >= 0.3 is 5.97 Å². The van der Waals surface area contributed by atoms with Gasteiger partial charge in [-0.25, -0.2) is 14.8 Å². The molecule has 1 amide bonds. The van der Waals surface area contributed by atoms with Crippen LogP contribution in [0.25, 0.3) is 0 Å². The molecule has 1 fully saturated rings. The molecule has 0 unspecified atom stereocenters. The number of methoxy groups -OCH3 is 1. The van der Waals surface area contributed by atoms with Crippen LogP contribution in [0.4, 0.5) is 11.6 Å². The number of hydrogen-bond acceptors (Lipinski definition) is 6. The van der Waals surface area contributed by atoms with Crippen molar-refractivity contribution in [2.75, 3.05) is 30.4 Å². The minimum Gasteiger partial charge on any atom is -0.465 e. The maximum Gasteiger partial charge on any atom is 0.339 e. The van der Waals surface area contributed by atoms with E-state index in [1.54, 1.807) is 24.3 Å². The lowest BCUT2D eigenvalue weighted by atomic mass is 10.00. The number of esters is 1. The number of hydrogen-bond donors (Lipinski definition) is 1. The summed E-state index contributed by atoms with van der Waals surface area (Å²) in [6.45, 7) is 4.11. The quantitative estimate of drug-likeness (QED) is 0.850. The molecular formula is C19H22N4O3. The first-order valence-electron chi connectivity index (χ1n) is 8.64. The predicted molar refractivity (Wildman–Crippen MR) is 98.4 cm³/mol. The Morgan fingerprint density at radius 1 is 1.15 bits per heavy atom. The van der Waals surface area contributed by atoms with Gasteiger partial charge in [0.05, 0.1) is 23.9 Å². The molecule has 1 aliphatic rings. The van der Waals surface area contributed by atoms with Gasteiger partial charge in [0.2, 0.25) is 5.95 Å². The van der Waals surface area contributed by atoms with Crippen molar-refractivity contribution in [3.63, 3.8) is 0 Å². The fourth-order valence-electron chi connectivity index (χ4n) is 2.88. The van der Waals surface area contributed by atoms with Gasteiger partial charge in [-0.3, -0.25) is 4.79 Å². The first kappa shape index (κ1) is 17.8. The Morgan fingerprint density at radius 2 is 1.81 bits per heavy atom. The number of carbonyl (C=O) groups is 2. The van der Waals surface area contributed by atoms with Crippen LogP contribution in [0.5, 0.6) is 0 Å². The van der Waals surface area contributed by atoms with E-state index in [-0.39, 0.29) is 5.91 Å². The number of aromatic nitrogens is 2. The van der Waals surface area contributed by atoms with Gasteiger partial charge in [0, 0.05) is 25.5 Å². The highest BCUT2D eigenvalue weighted by molar-refractivity contribution is 6.07. The van der Waals surface area contributed by atoms with Crippen LogP contribution in [0, 0.1) is 5.92 Å². The number of amides is 1. The summed E-state index contributed by atoms with van der Waals surface area (Å²) in [7, 11) is 1.30. The van der Waals surface area contributed by atoms with Crippen LogP contribution in [-0.2, 0) is 4.74 Å². The smallest absolute Gasteiger partial charge is 0.339 e. The maximum absolute atomic E-state index is 12.5. The fraction of sp³-hybridized carbons (Fsp3) is 0.368. The summed E-state index contributed by atoms with van der Waals surface area (Å²) in [6.07, 6.45) is 5.26. The molecule has 2 heterocycles. The lowest BCUT2D eigenvalue weighted by Gasteiger charge is -2.30. The van der Waals surface area contributed by atoms with Gasteiger partial charge in [-0.05, 0) is 30.9 Å². The summed E-state index contributed by atoms with van der Waals surface area (Å²) < 4.78 is 4.73. The number of para-hydroxylation sites is 1. The summed E-state index contributed by atoms with van der Waals surface area (Å²) in [5.41, 5.74) is 1.01. The zero-order valence-electron chi connectivity index (χ0n) is 14.9. The standard InChI is InChI=1S/C19H22N4O3/c1-13-7-9-23(10-8-13)19-20-11-14(12-21-19)17(24)22-16-6-4-3-5-15(16)18(25)26-2/h3-6,11-13H,7-10H2,1-2H3,(H,22,24). The third-order valence-corrected chi connectivity index (χ3v) is 4.55. The third-order valence-electron chi connectivity index (χ3n) is 4.55. The Labute approximate surface area is 152 Å². The van der Waals surface area contributed by atoms with Gasteiger partial charge < -0.3 is 15.0 Å². The molecule has 7 heteroatoms. The van der Waals surface area contributed by atoms with Crippen molar-refractivity contribution in [2.45, 2.75) is 19.8 Å². The summed E-state index contributed by atoms with van der Waals surface area (Å²) in [5.74, 6) is 0.488. The number of benzene rings is 1. The monoisotopic (exact) mass is 354 g/mol. The molecule has 0 radical (unpaired) electrons. The van der Waals surface area contributed by atoms with E-state index >= 15 is 0 Å². The second-order valence-corrected chi connectivity index (χ2v) is 6.43. The second-order valence-electron chi connectivity index (χ2n) is 6.43. The summed E-state index contributed by atoms with van der Waals surface area (Å²) in [6, 6.07) is 6.69. The molecule has 1 saturated heterocycles. The zero-order chi connectivity index (χ0) is 18.5. The topological polar surface area (TPSA) is 84.4 Å². The van der Waals surface area contributed by atoms with Crippen molar-refractivity contribution in [3.05, 3.63) is 47.8 Å². The van der Waals surface area contributed by atoms with Gasteiger partial charge in [-0.2, -0.15) is 0 Å². The normalized spacial score (nSPS) is 14.8. The van der Waals surface area contributed by atoms with Gasteiger partial charge in [0.1, 0.15) is 0 Å². The molecule has 1 N–H and O–H groups in total. The Kier molecular flexibility index (Phi) is 5.46. The number of ether oxygens (including phenoxy) is 1. The molecule has 0 spiro atoms. The zero-order valence-corrected chi connectivity index (χ0v) is 14.9. The van der Waals surface area contributed by atoms with Crippen LogP contribution < -0.4 is 10.2 Å². The van der Waals surface area contributed by atoms with Crippen LogP contribution in [0.3, 0.4) is 0 Å². The van der Waals surface area contributed by atoms with Gasteiger partial charge in [-0.1, -0.05) is 19.1 Å². The van der Waals surface area contributed by atoms with E-state index in [1.807, 2.05) is 0 Å². The minimum absolute atomic E-state index is 0.295. The third kappa shape index (κ3) is 3.99. The average Bonchev–Trinajstić information content (AvgIpc) is 2.68. The Balaban J connectivity index is 1.70. The predicted octanol–water partition coefficient (Wildman–Crippen LogP) is 2.75. The van der Waals surface area contributed by atoms with Crippen LogP contribution in [0.15, 0.2) is 36.7 Å². The molecule has 3 rings (SSSR count). The average molecular weight is 354 g/mol. The lowest BCUT2D eigenvalue weighted by molar-refractivity contribution is 0.0602. The number of carbonyl (C=O) groups excluding carboxylic acids is 2. The molecular weight excluding hydrogens is 332 g/mol. The van der Waals surface area contributed by atoms with Gasteiger partial charge in [0.15, 0.2) is 0 Å². The maximum atomic E-state index is 12.5. The molecule has 26 heavy (non-hydrogen) atoms. The Bertz CT molecular complexity index is 784. The summed E-state index contributed by atoms with van der Waals surface area (Å²) in [4.78, 5) is 35.0. The minimum atomic E-state index is -0.508. The second kappa shape index (κ2) is 7.95. The molecule has 136 valence electrons. The van der Waals surface area contributed by atoms with Crippen LogP contribution in [-0.4, -0.2) is 42.0 Å². The molecule has 2 aromatic rings. The number of piperidine rings is 1. The first-order chi connectivity index (χ1) is 12.6. The first-order valence-corrected chi connectivity index (χ1v) is 8.64. The number of nitrogens with zero attached hydrogens (tertiary/aromatic N) is 3. The van der Waals surface area contributed by atoms with Crippen molar-refractivity contribution in [3.8, 4) is 0 Å². The van der Waals surface area contributed by atoms with Crippen molar-refractivity contribution in [1.82, 2.24) is 9.97 Å². The molecule has 0 aliphatic carbocycles. The van der Waals surface area contributed by atoms with Crippen molar-refractivity contribution >= 4 is 23.5 Å². The number of anilines is 2. The van der Waals surface area contributed by atoms with E-state index in [1.165, 1.54) is 19.5 Å². The SMILES string of the molecule is COC(=O)c1ccccc1NC(=O)c1cnc(N2CCC(C)CC2)nc1. The van der Waals surface area contributed by atoms with E-state index in [4.69, 9.17) is 4.74 Å². The van der Waals surface area contributed by atoms with Crippen LogP contribution >= 0.6 is 0 Å². The molecule has 7 nitrogen and oxygen atoms in total. The molecule has 1 aromatic heterocycles. The highest BCUT2D eigenvalue weighted by Gasteiger charge is 2.19. The van der Waals surface area contributed by atoms with Crippen molar-refractivity contribution in [2.24, 2.45) is 5.92 Å². The largest absolute Gasteiger partial charge is 0.465 e. The van der Waals surface area contributed by atoms with E-state index in [0.29, 0.717) is 22.8 Å². The van der Waals surface area contributed by atoms with Gasteiger partial charge in [0.25, 0.3) is 5.91 Å². The molecule has 1 aromatic carbocycles. The highest BCUT2D eigenvalue weighted by atomic mass is 16.5. The van der Waals surface area contributed by atoms with Crippen molar-refractivity contribution < 1.29 is 14.3 Å². The number of rotatable bonds is 4. The Morgan fingerprint density at radius 3 is 2.46 bits per heavy atom. The summed E-state index contributed by atoms with van der Waals surface area (Å²) >= 11 is 0. The van der Waals surface area contributed by atoms with Crippen molar-refractivity contribution in [1.29, 1.82) is 0 Å². The van der Waals surface area contributed by atoms with Crippen LogP contribution in [0.2, 0.25) is 0 Å². The van der Waals surface area contributed by atoms with E-state index in [9.17, 15) is 9.59 Å². The fourth-order valence-corrected chi connectivity index (χ4v) is 2.88. The van der Waals surface area contributed by atoms with E-state index in [2.05, 4.69) is 27.1 Å². The highest BCUT2D eigenvalue weighted by Crippen LogP contribution is 2.20. The number of nitrogens with one attached hydrogen (secondary N) is 1. The Hall–Kier alpha value is -2.96. The van der Waals surface area contributed by atoms with E-state index < -0.39 is 5.97 Å². The molecule has 0 saturated carbocycles. The summed E-state index contributed by atoms with van der Waals surface area (Å²) in [5, 5.41) is 2.71. The molecule has 0 bridgehead atoms. The van der Waals surface area contributed by atoms with Crippen LogP contribution in [0.1, 0.15) is 40.5 Å². The molecule has 1 aliphatic heterocycles.